The molecular weight excluding hydrogens is 316 g/mol. The number of hydrogen-bond donors (Lipinski definition) is 2. The Hall–Kier alpha value is -3.43. The third kappa shape index (κ3) is 2.76. The number of nitrogen functional groups attached to an aromatic ring is 1. The van der Waals surface area contributed by atoms with Crippen molar-refractivity contribution in [2.24, 2.45) is 0 Å². The molecule has 1 aromatic carbocycles. The first kappa shape index (κ1) is 15.5. The quantitative estimate of drug-likeness (QED) is 0.662. The molecule has 0 unspecified atom stereocenters. The second-order valence-corrected chi connectivity index (χ2v) is 5.00. The number of amides is 1. The molecule has 10 heteroatoms. The van der Waals surface area contributed by atoms with Gasteiger partial charge in [0.15, 0.2) is 11.4 Å². The van der Waals surface area contributed by atoms with E-state index in [0.717, 1.165) is 4.57 Å². The summed E-state index contributed by atoms with van der Waals surface area (Å²) >= 11 is 0. The first-order chi connectivity index (χ1) is 11.5. The lowest BCUT2D eigenvalue weighted by Gasteiger charge is -2.01. The Morgan fingerprint density at radius 1 is 1.38 bits per heavy atom. The number of nitrogens with two attached hydrogens (primary N) is 1. The summed E-state index contributed by atoms with van der Waals surface area (Å²) in [6.45, 7) is 1.45. The monoisotopic (exact) mass is 330 g/mol. The molecular formula is C14H14N6O4. The van der Waals surface area contributed by atoms with Crippen molar-refractivity contribution in [1.82, 2.24) is 19.6 Å². The van der Waals surface area contributed by atoms with Crippen LogP contribution in [0.1, 0.15) is 18.1 Å². The average molecular weight is 330 g/mol. The summed E-state index contributed by atoms with van der Waals surface area (Å²) in [5.74, 6) is -1.39. The topological polar surface area (TPSA) is 138 Å². The number of hydrogen-bond acceptors (Lipinski definition) is 7. The van der Waals surface area contributed by atoms with Crippen molar-refractivity contribution in [2.75, 3.05) is 11.1 Å². The smallest absolute Gasteiger partial charge is 0.405 e. The molecule has 2 aromatic heterocycles. The number of anilines is 2. The molecule has 10 nitrogen and oxygen atoms in total. The number of carbonyl (C=O) groups is 2. The van der Waals surface area contributed by atoms with Crippen LogP contribution in [0.4, 0.5) is 11.5 Å². The van der Waals surface area contributed by atoms with Crippen LogP contribution in [-0.2, 0) is 11.3 Å². The van der Waals surface area contributed by atoms with Gasteiger partial charge in [0, 0.05) is 6.42 Å². The molecule has 124 valence electrons. The second-order valence-electron chi connectivity index (χ2n) is 5.00. The van der Waals surface area contributed by atoms with E-state index in [1.807, 2.05) is 0 Å². The fourth-order valence-electron chi connectivity index (χ4n) is 2.17. The first-order valence-electron chi connectivity index (χ1n) is 7.13. The van der Waals surface area contributed by atoms with Gasteiger partial charge in [-0.15, -0.1) is 5.10 Å². The van der Waals surface area contributed by atoms with Gasteiger partial charge in [-0.2, -0.15) is 0 Å². The normalized spacial score (nSPS) is 10.9. The van der Waals surface area contributed by atoms with Gasteiger partial charge in [0.25, 0.3) is 5.91 Å². The van der Waals surface area contributed by atoms with Gasteiger partial charge < -0.3 is 15.5 Å². The number of oxazole rings is 1. The summed E-state index contributed by atoms with van der Waals surface area (Å²) in [5.41, 5.74) is 6.43. The van der Waals surface area contributed by atoms with E-state index in [0.29, 0.717) is 6.42 Å². The number of carbonyl (C=O) groups excluding carboxylic acids is 2. The van der Waals surface area contributed by atoms with Crippen molar-refractivity contribution in [1.29, 1.82) is 0 Å². The lowest BCUT2D eigenvalue weighted by molar-refractivity contribution is -0.115. The van der Waals surface area contributed by atoms with E-state index in [2.05, 4.69) is 15.6 Å². The van der Waals surface area contributed by atoms with E-state index >= 15 is 0 Å². The Balaban J connectivity index is 1.86. The average Bonchev–Trinajstić information content (AvgIpc) is 3.11. The molecule has 0 radical (unpaired) electrons. The molecule has 3 N–H and O–H groups in total. The first-order valence-corrected chi connectivity index (χ1v) is 7.13. The molecule has 0 fully saturated rings. The van der Waals surface area contributed by atoms with E-state index in [1.54, 1.807) is 25.1 Å². The zero-order valence-corrected chi connectivity index (χ0v) is 12.7. The molecule has 0 aliphatic carbocycles. The molecule has 0 aliphatic rings. The summed E-state index contributed by atoms with van der Waals surface area (Å²) in [4.78, 5) is 35.6. The van der Waals surface area contributed by atoms with Crippen LogP contribution < -0.4 is 16.8 Å². The predicted molar refractivity (Wildman–Crippen MR) is 84.5 cm³/mol. The van der Waals surface area contributed by atoms with Gasteiger partial charge in [-0.25, -0.2) is 14.0 Å². The molecule has 3 aromatic rings. The maximum atomic E-state index is 12.4. The highest BCUT2D eigenvalue weighted by Gasteiger charge is 2.18. The van der Waals surface area contributed by atoms with Crippen molar-refractivity contribution in [2.45, 2.75) is 19.9 Å². The number of fused-ring (bicyclic) bond motifs is 1. The summed E-state index contributed by atoms with van der Waals surface area (Å²) in [6.07, 6.45) is 1.69. The third-order valence-corrected chi connectivity index (χ3v) is 3.31. The van der Waals surface area contributed by atoms with Gasteiger partial charge in [-0.3, -0.25) is 9.59 Å². The lowest BCUT2D eigenvalue weighted by Crippen LogP contribution is -2.26. The summed E-state index contributed by atoms with van der Waals surface area (Å²) in [7, 11) is 0. The number of aromatic nitrogens is 4. The largest absolute Gasteiger partial charge is 0.427 e. The van der Waals surface area contributed by atoms with Crippen molar-refractivity contribution < 1.29 is 14.0 Å². The van der Waals surface area contributed by atoms with E-state index in [4.69, 9.17) is 10.2 Å². The predicted octanol–water partition coefficient (Wildman–Crippen LogP) is 0.457. The third-order valence-electron chi connectivity index (χ3n) is 3.31. The van der Waals surface area contributed by atoms with Crippen LogP contribution in [0.5, 0.6) is 0 Å². The van der Waals surface area contributed by atoms with Gasteiger partial charge in [-0.1, -0.05) is 18.2 Å². The molecule has 0 atom stereocenters. The standard InChI is InChI=1S/C14H14N6O4/c1-2-11(21)16-10-6-19(18-17-10)7-12(22)20-9-5-3-4-8(15)13(9)24-14(20)23/h3-6H,2,7,15H2,1H3,(H,16,21). The van der Waals surface area contributed by atoms with Crippen molar-refractivity contribution in [3.63, 3.8) is 0 Å². The number of rotatable bonds is 4. The van der Waals surface area contributed by atoms with Gasteiger partial charge in [0.05, 0.1) is 11.9 Å². The highest BCUT2D eigenvalue weighted by molar-refractivity contribution is 5.93. The Morgan fingerprint density at radius 3 is 2.92 bits per heavy atom. The lowest BCUT2D eigenvalue weighted by atomic mass is 10.3. The molecule has 0 bridgehead atoms. The second kappa shape index (κ2) is 5.99. The fraction of sp³-hybridized carbons (Fsp3) is 0.214. The zero-order chi connectivity index (χ0) is 17.3. The Kier molecular flexibility index (Phi) is 3.86. The van der Waals surface area contributed by atoms with Crippen LogP contribution in [0.25, 0.3) is 11.1 Å². The Bertz CT molecular complexity index is 983. The molecule has 3 rings (SSSR count). The molecule has 0 saturated carbocycles. The zero-order valence-electron chi connectivity index (χ0n) is 12.7. The number of nitrogens with zero attached hydrogens (tertiary/aromatic N) is 4. The minimum atomic E-state index is -0.826. The molecule has 0 aliphatic heterocycles. The highest BCUT2D eigenvalue weighted by Crippen LogP contribution is 2.19. The number of nitrogens with one attached hydrogen (secondary N) is 1. The fourth-order valence-corrected chi connectivity index (χ4v) is 2.17. The SMILES string of the molecule is CCC(=O)Nc1cn(CC(=O)n2c(=O)oc3c(N)cccc32)nn1. The van der Waals surface area contributed by atoms with Crippen LogP contribution >= 0.6 is 0 Å². The van der Waals surface area contributed by atoms with E-state index in [1.165, 1.54) is 10.9 Å². The Morgan fingerprint density at radius 2 is 2.17 bits per heavy atom. The molecule has 24 heavy (non-hydrogen) atoms. The van der Waals surface area contributed by atoms with Crippen LogP contribution in [0.3, 0.4) is 0 Å². The number of benzene rings is 1. The highest BCUT2D eigenvalue weighted by atomic mass is 16.4. The van der Waals surface area contributed by atoms with Crippen molar-refractivity contribution >= 4 is 34.4 Å². The van der Waals surface area contributed by atoms with Crippen LogP contribution in [0.2, 0.25) is 0 Å². The van der Waals surface area contributed by atoms with E-state index in [-0.39, 0.29) is 35.1 Å². The summed E-state index contributed by atoms with van der Waals surface area (Å²) in [5, 5.41) is 10.00. The van der Waals surface area contributed by atoms with Crippen molar-refractivity contribution in [3.05, 3.63) is 34.9 Å². The van der Waals surface area contributed by atoms with Gasteiger partial charge in [0.1, 0.15) is 12.1 Å². The summed E-state index contributed by atoms with van der Waals surface area (Å²) in [6, 6.07) is 4.74. The van der Waals surface area contributed by atoms with Gasteiger partial charge in [-0.05, 0) is 12.1 Å². The van der Waals surface area contributed by atoms with Crippen LogP contribution in [0, 0.1) is 0 Å². The van der Waals surface area contributed by atoms with Gasteiger partial charge >= 0.3 is 5.76 Å². The molecule has 1 amide bonds. The number of para-hydroxylation sites is 1. The molecule has 2 heterocycles. The summed E-state index contributed by atoms with van der Waals surface area (Å²) < 4.78 is 7.12. The molecule has 0 spiro atoms. The van der Waals surface area contributed by atoms with Crippen LogP contribution in [-0.4, -0.2) is 31.4 Å². The minimum Gasteiger partial charge on any atom is -0.405 e. The van der Waals surface area contributed by atoms with E-state index < -0.39 is 11.7 Å². The van der Waals surface area contributed by atoms with Crippen molar-refractivity contribution in [3.8, 4) is 0 Å². The minimum absolute atomic E-state index is 0.158. The molecule has 0 saturated heterocycles. The van der Waals surface area contributed by atoms with E-state index in [9.17, 15) is 14.4 Å². The maximum absolute atomic E-state index is 12.4. The Labute approximate surface area is 134 Å². The van der Waals surface area contributed by atoms with Crippen LogP contribution in [0.15, 0.2) is 33.6 Å². The van der Waals surface area contributed by atoms with Gasteiger partial charge in [0.2, 0.25) is 5.91 Å². The maximum Gasteiger partial charge on any atom is 0.427 e.